The number of nitrogens with zero attached hydrogens (tertiary/aromatic N) is 3. The van der Waals surface area contributed by atoms with E-state index in [9.17, 15) is 0 Å². The second kappa shape index (κ2) is 16.1. The molecule has 0 amide bonds. The fourth-order valence-corrected chi connectivity index (χ4v) is 3.10. The minimum absolute atomic E-state index is 0. The third kappa shape index (κ3) is 10.5. The van der Waals surface area contributed by atoms with Crippen molar-refractivity contribution in [2.45, 2.75) is 33.7 Å². The normalized spacial score (nSPS) is 11.2. The molecule has 0 aliphatic heterocycles. The number of guanidine groups is 1. The SMILES string of the molecule is CCNC(=NCc1ccccc1OCCN(CC)CC)NCCc1ccc(Cl)nc1.I. The molecule has 2 rings (SSSR count). The second-order valence-corrected chi connectivity index (χ2v) is 7.23. The number of nitrogens with one attached hydrogen (secondary N) is 2. The van der Waals surface area contributed by atoms with Crippen LogP contribution in [0.3, 0.4) is 0 Å². The maximum atomic E-state index is 6.04. The molecule has 0 radical (unpaired) electrons. The summed E-state index contributed by atoms with van der Waals surface area (Å²) in [6.45, 7) is 12.2. The van der Waals surface area contributed by atoms with Gasteiger partial charge in [-0.05, 0) is 44.1 Å². The highest BCUT2D eigenvalue weighted by molar-refractivity contribution is 14.0. The maximum absolute atomic E-state index is 6.04. The summed E-state index contributed by atoms with van der Waals surface area (Å²) in [6.07, 6.45) is 2.65. The number of para-hydroxylation sites is 1. The summed E-state index contributed by atoms with van der Waals surface area (Å²) in [6, 6.07) is 11.9. The molecule has 0 atom stereocenters. The zero-order chi connectivity index (χ0) is 21.6. The van der Waals surface area contributed by atoms with Gasteiger partial charge < -0.3 is 20.3 Å². The molecule has 0 fully saturated rings. The van der Waals surface area contributed by atoms with E-state index in [0.29, 0.717) is 18.3 Å². The van der Waals surface area contributed by atoms with E-state index in [1.807, 2.05) is 30.3 Å². The lowest BCUT2D eigenvalue weighted by Gasteiger charge is -2.19. The van der Waals surface area contributed by atoms with Crippen LogP contribution in [0.25, 0.3) is 0 Å². The molecule has 1 heterocycles. The van der Waals surface area contributed by atoms with Crippen LogP contribution in [-0.4, -0.2) is 55.2 Å². The number of aromatic nitrogens is 1. The number of likely N-dealkylation sites (N-methyl/N-ethyl adjacent to an activating group) is 1. The van der Waals surface area contributed by atoms with Crippen molar-refractivity contribution >= 4 is 41.5 Å². The highest BCUT2D eigenvalue weighted by atomic mass is 127. The third-order valence-electron chi connectivity index (χ3n) is 4.78. The topological polar surface area (TPSA) is 61.8 Å². The fraction of sp³-hybridized carbons (Fsp3) is 0.478. The lowest BCUT2D eigenvalue weighted by atomic mass is 10.2. The Balaban J connectivity index is 0.00000480. The highest BCUT2D eigenvalue weighted by Crippen LogP contribution is 2.19. The summed E-state index contributed by atoms with van der Waals surface area (Å²) in [4.78, 5) is 11.2. The van der Waals surface area contributed by atoms with Crippen molar-refractivity contribution < 1.29 is 4.74 Å². The summed E-state index contributed by atoms with van der Waals surface area (Å²) in [5, 5.41) is 7.19. The Morgan fingerprint density at radius 2 is 1.87 bits per heavy atom. The molecule has 0 bridgehead atoms. The van der Waals surface area contributed by atoms with Gasteiger partial charge in [0.05, 0.1) is 6.54 Å². The van der Waals surface area contributed by atoms with E-state index >= 15 is 0 Å². The smallest absolute Gasteiger partial charge is 0.191 e. The van der Waals surface area contributed by atoms with Crippen molar-refractivity contribution in [1.29, 1.82) is 0 Å². The molecule has 2 aromatic rings. The lowest BCUT2D eigenvalue weighted by molar-refractivity contribution is 0.221. The molecule has 6 nitrogen and oxygen atoms in total. The molecule has 8 heteroatoms. The van der Waals surface area contributed by atoms with E-state index in [-0.39, 0.29) is 24.0 Å². The number of hydrogen-bond acceptors (Lipinski definition) is 4. The minimum Gasteiger partial charge on any atom is -0.492 e. The van der Waals surface area contributed by atoms with Gasteiger partial charge in [-0.3, -0.25) is 0 Å². The van der Waals surface area contributed by atoms with Crippen LogP contribution in [0.2, 0.25) is 5.15 Å². The average Bonchev–Trinajstić information content (AvgIpc) is 2.77. The highest BCUT2D eigenvalue weighted by Gasteiger charge is 2.05. The monoisotopic (exact) mass is 559 g/mol. The number of rotatable bonds is 12. The van der Waals surface area contributed by atoms with Gasteiger partial charge in [0.1, 0.15) is 17.5 Å². The van der Waals surface area contributed by atoms with Gasteiger partial charge in [-0.2, -0.15) is 0 Å². The van der Waals surface area contributed by atoms with Crippen molar-refractivity contribution in [2.24, 2.45) is 4.99 Å². The quantitative estimate of drug-likeness (QED) is 0.175. The Morgan fingerprint density at radius 1 is 1.10 bits per heavy atom. The van der Waals surface area contributed by atoms with Gasteiger partial charge in [0.15, 0.2) is 5.96 Å². The first-order valence-corrected chi connectivity index (χ1v) is 11.1. The zero-order valence-electron chi connectivity index (χ0n) is 18.7. The van der Waals surface area contributed by atoms with Gasteiger partial charge >= 0.3 is 0 Å². The van der Waals surface area contributed by atoms with Gasteiger partial charge in [0.2, 0.25) is 0 Å². The van der Waals surface area contributed by atoms with Crippen LogP contribution in [0.15, 0.2) is 47.6 Å². The molecule has 0 aliphatic rings. The predicted molar refractivity (Wildman–Crippen MR) is 141 cm³/mol. The first kappa shape index (κ1) is 27.5. The Hall–Kier alpha value is -1.58. The summed E-state index contributed by atoms with van der Waals surface area (Å²) >= 11 is 5.84. The Bertz CT molecular complexity index is 769. The Morgan fingerprint density at radius 3 is 2.55 bits per heavy atom. The van der Waals surface area contributed by atoms with E-state index in [1.54, 1.807) is 6.20 Å². The van der Waals surface area contributed by atoms with Gasteiger partial charge in [-0.15, -0.1) is 24.0 Å². The number of benzene rings is 1. The third-order valence-corrected chi connectivity index (χ3v) is 5.00. The first-order valence-electron chi connectivity index (χ1n) is 10.7. The molecule has 0 spiro atoms. The molecule has 0 unspecified atom stereocenters. The molecule has 0 saturated heterocycles. The van der Waals surface area contributed by atoms with Crippen LogP contribution < -0.4 is 15.4 Å². The van der Waals surface area contributed by atoms with Gasteiger partial charge in [-0.25, -0.2) is 9.98 Å². The summed E-state index contributed by atoms with van der Waals surface area (Å²) in [7, 11) is 0. The van der Waals surface area contributed by atoms with Crippen LogP contribution in [0, 0.1) is 0 Å². The Kier molecular flexibility index (Phi) is 14.3. The zero-order valence-corrected chi connectivity index (χ0v) is 21.8. The summed E-state index contributed by atoms with van der Waals surface area (Å²) in [5.41, 5.74) is 2.21. The van der Waals surface area contributed by atoms with E-state index in [0.717, 1.165) is 62.0 Å². The van der Waals surface area contributed by atoms with E-state index in [1.165, 1.54) is 0 Å². The molecule has 172 valence electrons. The van der Waals surface area contributed by atoms with Gasteiger partial charge in [-0.1, -0.05) is 49.7 Å². The van der Waals surface area contributed by atoms with Crippen molar-refractivity contribution in [2.75, 3.05) is 39.3 Å². The fourth-order valence-electron chi connectivity index (χ4n) is 2.99. The molecule has 1 aromatic heterocycles. The molecule has 0 aliphatic carbocycles. The van der Waals surface area contributed by atoms with Crippen LogP contribution in [0.4, 0.5) is 0 Å². The molecule has 31 heavy (non-hydrogen) atoms. The average molecular weight is 560 g/mol. The Labute approximate surface area is 208 Å². The number of pyridine rings is 1. The standard InChI is InChI=1S/C23H34ClN5O.HI/c1-4-25-23(26-14-13-19-11-12-22(24)27-17-19)28-18-20-9-7-8-10-21(20)30-16-15-29(5-2)6-3;/h7-12,17H,4-6,13-16,18H2,1-3H3,(H2,25,26,28);1H. The van der Waals surface area contributed by atoms with Crippen molar-refractivity contribution in [3.05, 3.63) is 58.9 Å². The lowest BCUT2D eigenvalue weighted by Crippen LogP contribution is -2.38. The minimum atomic E-state index is 0. The second-order valence-electron chi connectivity index (χ2n) is 6.84. The predicted octanol–water partition coefficient (Wildman–Crippen LogP) is 4.37. The summed E-state index contributed by atoms with van der Waals surface area (Å²) in [5.74, 6) is 1.69. The number of ether oxygens (including phenoxy) is 1. The van der Waals surface area contributed by atoms with Crippen LogP contribution in [0.1, 0.15) is 31.9 Å². The van der Waals surface area contributed by atoms with Crippen LogP contribution in [0.5, 0.6) is 5.75 Å². The molecule has 2 N–H and O–H groups in total. The maximum Gasteiger partial charge on any atom is 0.191 e. The van der Waals surface area contributed by atoms with Crippen LogP contribution >= 0.6 is 35.6 Å². The van der Waals surface area contributed by atoms with Crippen molar-refractivity contribution in [1.82, 2.24) is 20.5 Å². The van der Waals surface area contributed by atoms with Gasteiger partial charge in [0.25, 0.3) is 0 Å². The first-order chi connectivity index (χ1) is 14.7. The molecular weight excluding hydrogens is 525 g/mol. The number of halogens is 2. The van der Waals surface area contributed by atoms with E-state index < -0.39 is 0 Å². The molecular formula is C23H35ClIN5O. The van der Waals surface area contributed by atoms with Crippen molar-refractivity contribution in [3.8, 4) is 5.75 Å². The van der Waals surface area contributed by atoms with Gasteiger partial charge in [0, 0.05) is 31.4 Å². The largest absolute Gasteiger partial charge is 0.492 e. The number of aliphatic imine (C=N–C) groups is 1. The number of hydrogen-bond donors (Lipinski definition) is 2. The van der Waals surface area contributed by atoms with Crippen LogP contribution in [-0.2, 0) is 13.0 Å². The van der Waals surface area contributed by atoms with E-state index in [4.69, 9.17) is 21.3 Å². The molecule has 1 aromatic carbocycles. The van der Waals surface area contributed by atoms with Crippen molar-refractivity contribution in [3.63, 3.8) is 0 Å². The summed E-state index contributed by atoms with van der Waals surface area (Å²) < 4.78 is 6.04. The van der Waals surface area contributed by atoms with E-state index in [2.05, 4.69) is 47.4 Å². The molecule has 0 saturated carbocycles.